The summed E-state index contributed by atoms with van der Waals surface area (Å²) in [5.41, 5.74) is 1.37. The molecule has 1 N–H and O–H groups in total. The van der Waals surface area contributed by atoms with Gasteiger partial charge in [-0.2, -0.15) is 0 Å². The average Bonchev–Trinajstić information content (AvgIpc) is 3.20. The van der Waals surface area contributed by atoms with Crippen molar-refractivity contribution in [2.45, 2.75) is 66.0 Å². The molecule has 1 unspecified atom stereocenters. The number of rotatable bonds is 6. The summed E-state index contributed by atoms with van der Waals surface area (Å²) in [6, 6.07) is 6.38. The molecule has 5 atom stereocenters. The second kappa shape index (κ2) is 7.74. The summed E-state index contributed by atoms with van der Waals surface area (Å²) in [6.45, 7) is 12.0. The first-order chi connectivity index (χ1) is 14.2. The minimum absolute atomic E-state index is 0.000697. The van der Waals surface area contributed by atoms with Crippen molar-refractivity contribution in [1.29, 1.82) is 0 Å². The van der Waals surface area contributed by atoms with Crippen LogP contribution in [0.3, 0.4) is 0 Å². The normalized spacial score (nSPS) is 34.0. The zero-order chi connectivity index (χ0) is 21.7. The summed E-state index contributed by atoms with van der Waals surface area (Å²) in [5, 5.41) is 3.47. The molecule has 166 valence electrons. The molecule has 5 nitrogen and oxygen atoms in total. The third-order valence-electron chi connectivity index (χ3n) is 8.13. The lowest BCUT2D eigenvalue weighted by Crippen LogP contribution is -2.59. The fourth-order valence-corrected chi connectivity index (χ4v) is 6.56. The van der Waals surface area contributed by atoms with Gasteiger partial charge in [0.2, 0.25) is 5.91 Å². The van der Waals surface area contributed by atoms with Crippen LogP contribution in [-0.4, -0.2) is 32.3 Å². The number of hydrogen-bond acceptors (Lipinski definition) is 4. The van der Waals surface area contributed by atoms with E-state index in [2.05, 4.69) is 31.3 Å². The van der Waals surface area contributed by atoms with Crippen LogP contribution >= 0.6 is 0 Å². The van der Waals surface area contributed by atoms with E-state index in [-0.39, 0.29) is 34.8 Å². The molecule has 3 aliphatic rings. The topological polar surface area (TPSA) is 56.8 Å². The highest BCUT2D eigenvalue weighted by Crippen LogP contribution is 2.70. The molecule has 0 radical (unpaired) electrons. The van der Waals surface area contributed by atoms with E-state index in [1.54, 1.807) is 7.11 Å². The summed E-state index contributed by atoms with van der Waals surface area (Å²) < 4.78 is 17.7. The molecule has 1 amide bonds. The number of fused-ring (bicyclic) bond motifs is 1. The van der Waals surface area contributed by atoms with Crippen molar-refractivity contribution in [2.75, 3.05) is 20.3 Å². The van der Waals surface area contributed by atoms with E-state index in [9.17, 15) is 4.79 Å². The highest BCUT2D eigenvalue weighted by atomic mass is 16.5. The lowest BCUT2D eigenvalue weighted by Gasteiger charge is -2.53. The molecular formula is C25H37NO4. The minimum Gasteiger partial charge on any atom is -0.493 e. The first-order valence-electron chi connectivity index (χ1n) is 11.5. The van der Waals surface area contributed by atoms with Crippen molar-refractivity contribution in [3.05, 3.63) is 23.8 Å². The fourth-order valence-electron chi connectivity index (χ4n) is 6.56. The van der Waals surface area contributed by atoms with E-state index in [4.69, 9.17) is 14.2 Å². The van der Waals surface area contributed by atoms with Gasteiger partial charge in [-0.3, -0.25) is 4.79 Å². The maximum Gasteiger partial charge on any atom is 0.222 e. The van der Waals surface area contributed by atoms with Gasteiger partial charge in [-0.1, -0.05) is 33.8 Å². The third-order valence-corrected chi connectivity index (χ3v) is 8.13. The smallest absolute Gasteiger partial charge is 0.222 e. The van der Waals surface area contributed by atoms with Gasteiger partial charge < -0.3 is 19.5 Å². The summed E-state index contributed by atoms with van der Waals surface area (Å²) in [5.74, 6) is 2.70. The van der Waals surface area contributed by atoms with Crippen LogP contribution in [0.15, 0.2) is 18.2 Å². The first-order valence-corrected chi connectivity index (χ1v) is 11.5. The molecular weight excluding hydrogens is 378 g/mol. The van der Waals surface area contributed by atoms with Crippen molar-refractivity contribution in [1.82, 2.24) is 5.32 Å². The highest BCUT2D eigenvalue weighted by molar-refractivity contribution is 5.78. The minimum atomic E-state index is 0.000697. The Morgan fingerprint density at radius 2 is 2.07 bits per heavy atom. The van der Waals surface area contributed by atoms with Crippen molar-refractivity contribution < 1.29 is 19.0 Å². The average molecular weight is 416 g/mol. The molecule has 1 heterocycles. The summed E-state index contributed by atoms with van der Waals surface area (Å²) in [4.78, 5) is 12.7. The number of carbonyl (C=O) groups excluding carboxylic acids is 1. The molecule has 1 spiro atoms. The highest BCUT2D eigenvalue weighted by Gasteiger charge is 2.68. The Kier molecular flexibility index (Phi) is 5.54. The van der Waals surface area contributed by atoms with Crippen LogP contribution in [0, 0.1) is 28.6 Å². The summed E-state index contributed by atoms with van der Waals surface area (Å²) in [7, 11) is 1.67. The summed E-state index contributed by atoms with van der Waals surface area (Å²) >= 11 is 0. The van der Waals surface area contributed by atoms with Crippen molar-refractivity contribution >= 4 is 5.91 Å². The van der Waals surface area contributed by atoms with Crippen LogP contribution in [0.4, 0.5) is 0 Å². The molecule has 5 heteroatoms. The molecule has 30 heavy (non-hydrogen) atoms. The Morgan fingerprint density at radius 3 is 2.73 bits per heavy atom. The van der Waals surface area contributed by atoms with Gasteiger partial charge in [0.15, 0.2) is 11.5 Å². The number of carbonyl (C=O) groups is 1. The van der Waals surface area contributed by atoms with Gasteiger partial charge in [-0.05, 0) is 66.5 Å². The lowest BCUT2D eigenvalue weighted by atomic mass is 9.58. The van der Waals surface area contributed by atoms with E-state index in [0.29, 0.717) is 18.4 Å². The molecule has 1 aromatic carbocycles. The van der Waals surface area contributed by atoms with Crippen molar-refractivity contribution in [3.63, 3.8) is 0 Å². The number of nitrogens with one attached hydrogen (secondary N) is 1. The van der Waals surface area contributed by atoms with Gasteiger partial charge in [0, 0.05) is 18.6 Å². The SMILES string of the molecule is CCOc1cc([C@H]2OCCC34C[C@@H](C[C@H]23)C(C)(C)[C@@H]4NC(=O)C(C)C)ccc1OC. The van der Waals surface area contributed by atoms with Crippen LogP contribution in [0.1, 0.15) is 65.5 Å². The molecule has 1 aromatic rings. The van der Waals surface area contributed by atoms with Gasteiger partial charge in [0.05, 0.1) is 19.8 Å². The molecule has 4 rings (SSSR count). The van der Waals surface area contributed by atoms with Gasteiger partial charge in [0.25, 0.3) is 0 Å². The molecule has 1 saturated heterocycles. The van der Waals surface area contributed by atoms with Gasteiger partial charge in [-0.15, -0.1) is 0 Å². The lowest BCUT2D eigenvalue weighted by molar-refractivity contribution is -0.139. The van der Waals surface area contributed by atoms with Gasteiger partial charge >= 0.3 is 0 Å². The molecule has 1 aliphatic heterocycles. The summed E-state index contributed by atoms with van der Waals surface area (Å²) in [6.07, 6.45) is 3.39. The van der Waals surface area contributed by atoms with Gasteiger partial charge in [-0.25, -0.2) is 0 Å². The standard InChI is InChI=1S/C25H37NO4/c1-7-29-20-12-16(8-9-19(20)28-6)21-18-13-17-14-25(18,10-11-30-21)23(24(17,4)5)26-22(27)15(2)3/h8-9,12,15,17-18,21,23H,7,10-11,13-14H2,1-6H3,(H,26,27)/t17-,18-,21-,23+,25?/m1/s1. The van der Waals surface area contributed by atoms with Crippen LogP contribution in [0.25, 0.3) is 0 Å². The quantitative estimate of drug-likeness (QED) is 0.729. The second-order valence-corrected chi connectivity index (χ2v) is 10.3. The van der Waals surface area contributed by atoms with E-state index >= 15 is 0 Å². The van der Waals surface area contributed by atoms with E-state index in [1.165, 1.54) is 6.42 Å². The Bertz CT molecular complexity index is 804. The maximum absolute atomic E-state index is 12.7. The molecule has 2 aliphatic carbocycles. The number of amides is 1. The Morgan fingerprint density at radius 1 is 1.30 bits per heavy atom. The number of benzene rings is 1. The van der Waals surface area contributed by atoms with Crippen molar-refractivity contribution in [2.24, 2.45) is 28.6 Å². The molecule has 2 saturated carbocycles. The van der Waals surface area contributed by atoms with Crippen molar-refractivity contribution in [3.8, 4) is 11.5 Å². The monoisotopic (exact) mass is 415 g/mol. The number of methoxy groups -OCH3 is 1. The predicted octanol–water partition coefficient (Wildman–Crippen LogP) is 4.75. The van der Waals surface area contributed by atoms with Crippen LogP contribution in [0.2, 0.25) is 0 Å². The molecule has 2 bridgehead atoms. The molecule has 0 aromatic heterocycles. The second-order valence-electron chi connectivity index (χ2n) is 10.3. The number of hydrogen-bond donors (Lipinski definition) is 1. The zero-order valence-electron chi connectivity index (χ0n) is 19.3. The Labute approximate surface area is 180 Å². The largest absolute Gasteiger partial charge is 0.493 e. The first kappa shape index (κ1) is 21.5. The van der Waals surface area contributed by atoms with E-state index in [1.807, 2.05) is 26.8 Å². The zero-order valence-corrected chi connectivity index (χ0v) is 19.3. The van der Waals surface area contributed by atoms with Gasteiger partial charge in [0.1, 0.15) is 0 Å². The number of ether oxygens (including phenoxy) is 3. The van der Waals surface area contributed by atoms with E-state index in [0.717, 1.165) is 36.5 Å². The molecule has 3 fully saturated rings. The van der Waals surface area contributed by atoms with Crippen LogP contribution in [-0.2, 0) is 9.53 Å². The Hall–Kier alpha value is -1.75. The maximum atomic E-state index is 12.7. The Balaban J connectivity index is 1.68. The fraction of sp³-hybridized carbons (Fsp3) is 0.720. The van der Waals surface area contributed by atoms with E-state index < -0.39 is 0 Å². The van der Waals surface area contributed by atoms with Crippen LogP contribution in [0.5, 0.6) is 11.5 Å². The predicted molar refractivity (Wildman–Crippen MR) is 117 cm³/mol. The van der Waals surface area contributed by atoms with Crippen LogP contribution < -0.4 is 14.8 Å². The third kappa shape index (κ3) is 3.21.